The van der Waals surface area contributed by atoms with Gasteiger partial charge in [0.25, 0.3) is 0 Å². The highest BCUT2D eigenvalue weighted by atomic mass is 14.3. The predicted molar refractivity (Wildman–Crippen MR) is 97.3 cm³/mol. The number of aryl methyl sites for hydroxylation is 1. The van der Waals surface area contributed by atoms with Gasteiger partial charge in [-0.1, -0.05) is 87.4 Å². The number of unbranched alkanes of at least 4 members (excludes halogenated alkanes) is 2. The van der Waals surface area contributed by atoms with E-state index in [1.54, 1.807) is 0 Å². The van der Waals surface area contributed by atoms with Crippen LogP contribution in [0.1, 0.15) is 63.5 Å². The molecule has 0 radical (unpaired) electrons. The largest absolute Gasteiger partial charge is 0.0645 e. The van der Waals surface area contributed by atoms with Crippen molar-refractivity contribution in [1.82, 2.24) is 0 Å². The van der Waals surface area contributed by atoms with Crippen molar-refractivity contribution in [3.8, 4) is 0 Å². The van der Waals surface area contributed by atoms with Gasteiger partial charge in [-0.2, -0.15) is 0 Å². The lowest BCUT2D eigenvalue weighted by molar-refractivity contribution is 0.349. The fourth-order valence-electron chi connectivity index (χ4n) is 3.56. The van der Waals surface area contributed by atoms with Crippen LogP contribution < -0.4 is 0 Å². The number of benzene rings is 2. The summed E-state index contributed by atoms with van der Waals surface area (Å²) in [6.07, 6.45) is 9.00. The van der Waals surface area contributed by atoms with Crippen LogP contribution in [0.25, 0.3) is 0 Å². The summed E-state index contributed by atoms with van der Waals surface area (Å²) in [4.78, 5) is 0. The molecular formula is C22H30. The van der Waals surface area contributed by atoms with Gasteiger partial charge in [0.15, 0.2) is 0 Å². The predicted octanol–water partition coefficient (Wildman–Crippen LogP) is 6.55. The molecule has 2 aromatic carbocycles. The molecule has 0 aliphatic rings. The summed E-state index contributed by atoms with van der Waals surface area (Å²) in [6, 6.07) is 22.0. The lowest BCUT2D eigenvalue weighted by atomic mass is 9.72. The summed E-state index contributed by atoms with van der Waals surface area (Å²) in [6.45, 7) is 4.70. The Morgan fingerprint density at radius 2 is 1.27 bits per heavy atom. The average Bonchev–Trinajstić information content (AvgIpc) is 2.60. The molecular weight excluding hydrogens is 264 g/mol. The summed E-state index contributed by atoms with van der Waals surface area (Å²) in [5.74, 6) is 0. The Balaban J connectivity index is 1.82. The maximum Gasteiger partial charge on any atom is -0.00522 e. The van der Waals surface area contributed by atoms with Crippen LogP contribution in [0.5, 0.6) is 0 Å². The molecule has 0 heterocycles. The maximum atomic E-state index is 2.35. The smallest absolute Gasteiger partial charge is 0.00522 e. The molecule has 22 heavy (non-hydrogen) atoms. The van der Waals surface area contributed by atoms with Crippen LogP contribution in [-0.2, 0) is 11.8 Å². The van der Waals surface area contributed by atoms with Crippen LogP contribution in [0.3, 0.4) is 0 Å². The second kappa shape index (κ2) is 8.78. The van der Waals surface area contributed by atoms with E-state index in [4.69, 9.17) is 0 Å². The Labute approximate surface area is 136 Å². The second-order valence-corrected chi connectivity index (χ2v) is 6.40. The molecule has 0 fully saturated rings. The number of rotatable bonds is 9. The topological polar surface area (TPSA) is 0 Å². The van der Waals surface area contributed by atoms with E-state index in [2.05, 4.69) is 74.5 Å². The van der Waals surface area contributed by atoms with Gasteiger partial charge in [0.05, 0.1) is 0 Å². The van der Waals surface area contributed by atoms with Crippen molar-refractivity contribution >= 4 is 0 Å². The summed E-state index contributed by atoms with van der Waals surface area (Å²) in [5, 5.41) is 0. The monoisotopic (exact) mass is 294 g/mol. The van der Waals surface area contributed by atoms with Gasteiger partial charge in [-0.15, -0.1) is 0 Å². The third-order valence-electron chi connectivity index (χ3n) is 5.20. The Morgan fingerprint density at radius 1 is 0.682 bits per heavy atom. The Morgan fingerprint density at radius 3 is 1.86 bits per heavy atom. The van der Waals surface area contributed by atoms with E-state index in [1.165, 1.54) is 56.1 Å². The zero-order valence-electron chi connectivity index (χ0n) is 14.2. The van der Waals surface area contributed by atoms with Crippen LogP contribution in [0.2, 0.25) is 0 Å². The Hall–Kier alpha value is -1.56. The highest BCUT2D eigenvalue weighted by Gasteiger charge is 2.27. The van der Waals surface area contributed by atoms with Gasteiger partial charge >= 0.3 is 0 Å². The molecule has 0 heteroatoms. The molecule has 0 aliphatic heterocycles. The van der Waals surface area contributed by atoms with Gasteiger partial charge in [0, 0.05) is 0 Å². The van der Waals surface area contributed by atoms with Crippen molar-refractivity contribution in [1.29, 1.82) is 0 Å². The van der Waals surface area contributed by atoms with Crippen LogP contribution >= 0.6 is 0 Å². The van der Waals surface area contributed by atoms with Crippen molar-refractivity contribution in [2.24, 2.45) is 0 Å². The molecule has 0 amide bonds. The standard InChI is InChI=1S/C22H30/c1-3-22(4-2,21-17-11-6-12-18-21)19-13-7-10-16-20-14-8-5-9-15-20/h5-6,8-9,11-12,14-15,17-18H,3-4,7,10,13,16,19H2,1-2H3. The molecule has 0 saturated carbocycles. The Bertz CT molecular complexity index is 508. The molecule has 0 N–H and O–H groups in total. The van der Waals surface area contributed by atoms with Crippen molar-refractivity contribution in [3.05, 3.63) is 71.8 Å². The van der Waals surface area contributed by atoms with Crippen LogP contribution in [0.15, 0.2) is 60.7 Å². The number of hydrogen-bond acceptors (Lipinski definition) is 0. The van der Waals surface area contributed by atoms with Crippen LogP contribution in [0.4, 0.5) is 0 Å². The quantitative estimate of drug-likeness (QED) is 0.460. The average molecular weight is 294 g/mol. The summed E-state index contributed by atoms with van der Waals surface area (Å²) < 4.78 is 0. The summed E-state index contributed by atoms with van der Waals surface area (Å²) in [7, 11) is 0. The lowest BCUT2D eigenvalue weighted by Gasteiger charge is -2.32. The second-order valence-electron chi connectivity index (χ2n) is 6.40. The highest BCUT2D eigenvalue weighted by molar-refractivity contribution is 5.25. The molecule has 0 spiro atoms. The SMILES string of the molecule is CCC(CC)(CCCCCc1ccccc1)c1ccccc1. The summed E-state index contributed by atoms with van der Waals surface area (Å²) >= 11 is 0. The zero-order valence-corrected chi connectivity index (χ0v) is 14.2. The molecule has 2 aromatic rings. The first-order valence-corrected chi connectivity index (χ1v) is 8.90. The van der Waals surface area contributed by atoms with Crippen molar-refractivity contribution < 1.29 is 0 Å². The van der Waals surface area contributed by atoms with E-state index in [1.807, 2.05) is 0 Å². The first-order chi connectivity index (χ1) is 10.8. The molecule has 0 nitrogen and oxygen atoms in total. The molecule has 0 unspecified atom stereocenters. The van der Waals surface area contributed by atoms with Crippen LogP contribution in [0, 0.1) is 0 Å². The fraction of sp³-hybridized carbons (Fsp3) is 0.455. The van der Waals surface area contributed by atoms with Gasteiger partial charge in [-0.3, -0.25) is 0 Å². The minimum absolute atomic E-state index is 0.383. The zero-order chi connectivity index (χ0) is 15.7. The minimum atomic E-state index is 0.383. The molecule has 118 valence electrons. The van der Waals surface area contributed by atoms with Gasteiger partial charge in [-0.05, 0) is 48.6 Å². The normalized spacial score (nSPS) is 11.5. The van der Waals surface area contributed by atoms with Crippen molar-refractivity contribution in [2.75, 3.05) is 0 Å². The van der Waals surface area contributed by atoms with Crippen molar-refractivity contribution in [2.45, 2.75) is 64.2 Å². The van der Waals surface area contributed by atoms with Crippen molar-refractivity contribution in [3.63, 3.8) is 0 Å². The van der Waals surface area contributed by atoms with Gasteiger partial charge < -0.3 is 0 Å². The first-order valence-electron chi connectivity index (χ1n) is 8.90. The molecule has 0 atom stereocenters. The minimum Gasteiger partial charge on any atom is -0.0645 e. The van der Waals surface area contributed by atoms with Gasteiger partial charge in [-0.25, -0.2) is 0 Å². The molecule has 0 aliphatic carbocycles. The highest BCUT2D eigenvalue weighted by Crippen LogP contribution is 2.36. The van der Waals surface area contributed by atoms with E-state index in [-0.39, 0.29) is 0 Å². The van der Waals surface area contributed by atoms with Crippen LogP contribution in [-0.4, -0.2) is 0 Å². The lowest BCUT2D eigenvalue weighted by Crippen LogP contribution is -2.24. The maximum absolute atomic E-state index is 2.35. The van der Waals surface area contributed by atoms with E-state index < -0.39 is 0 Å². The van der Waals surface area contributed by atoms with E-state index in [9.17, 15) is 0 Å². The molecule has 0 aromatic heterocycles. The molecule has 0 bridgehead atoms. The van der Waals surface area contributed by atoms with E-state index in [0.29, 0.717) is 5.41 Å². The molecule has 0 saturated heterocycles. The fourth-order valence-corrected chi connectivity index (χ4v) is 3.56. The third-order valence-corrected chi connectivity index (χ3v) is 5.20. The summed E-state index contributed by atoms with van der Waals surface area (Å²) in [5.41, 5.74) is 3.39. The number of hydrogen-bond donors (Lipinski definition) is 0. The third kappa shape index (κ3) is 4.47. The first kappa shape index (κ1) is 16.8. The van der Waals surface area contributed by atoms with E-state index in [0.717, 1.165) is 0 Å². The van der Waals surface area contributed by atoms with Gasteiger partial charge in [0.2, 0.25) is 0 Å². The van der Waals surface area contributed by atoms with E-state index >= 15 is 0 Å². The Kier molecular flexibility index (Phi) is 6.71. The molecule has 2 rings (SSSR count). The van der Waals surface area contributed by atoms with Gasteiger partial charge in [0.1, 0.15) is 0 Å².